The number of imidazole rings is 1. The molecule has 4 nitrogen and oxygen atoms in total. The zero-order valence-corrected chi connectivity index (χ0v) is 9.94. The standard InChI is InChI=1S/C12H19N3O/c1-9(2)12-13-6-8-15(12)7-5-11(16)14-10-3-4-10/h6,8-10H,3-5,7H2,1-2H3,(H,14,16). The lowest BCUT2D eigenvalue weighted by Gasteiger charge is -2.10. The number of carbonyl (C=O) groups excluding carboxylic acids is 1. The number of rotatable bonds is 5. The van der Waals surface area contributed by atoms with Crippen LogP contribution < -0.4 is 5.32 Å². The van der Waals surface area contributed by atoms with E-state index >= 15 is 0 Å². The van der Waals surface area contributed by atoms with Crippen LogP contribution >= 0.6 is 0 Å². The van der Waals surface area contributed by atoms with E-state index < -0.39 is 0 Å². The van der Waals surface area contributed by atoms with Crippen molar-refractivity contribution in [2.24, 2.45) is 0 Å². The molecular weight excluding hydrogens is 202 g/mol. The van der Waals surface area contributed by atoms with Crippen LogP contribution in [-0.4, -0.2) is 21.5 Å². The molecule has 88 valence electrons. The second kappa shape index (κ2) is 4.68. The van der Waals surface area contributed by atoms with Crippen molar-refractivity contribution in [3.63, 3.8) is 0 Å². The van der Waals surface area contributed by atoms with Crippen molar-refractivity contribution < 1.29 is 4.79 Å². The van der Waals surface area contributed by atoms with Crippen molar-refractivity contribution in [1.29, 1.82) is 0 Å². The van der Waals surface area contributed by atoms with E-state index in [-0.39, 0.29) is 5.91 Å². The first-order chi connectivity index (χ1) is 7.66. The summed E-state index contributed by atoms with van der Waals surface area (Å²) >= 11 is 0. The van der Waals surface area contributed by atoms with E-state index in [0.717, 1.165) is 25.2 Å². The smallest absolute Gasteiger partial charge is 0.222 e. The predicted molar refractivity (Wildman–Crippen MR) is 62.1 cm³/mol. The van der Waals surface area contributed by atoms with Crippen molar-refractivity contribution in [2.75, 3.05) is 0 Å². The van der Waals surface area contributed by atoms with Crippen molar-refractivity contribution >= 4 is 5.91 Å². The molecule has 1 fully saturated rings. The fourth-order valence-corrected chi connectivity index (χ4v) is 1.76. The van der Waals surface area contributed by atoms with Gasteiger partial charge in [-0.1, -0.05) is 13.8 Å². The minimum atomic E-state index is 0.158. The average molecular weight is 221 g/mol. The molecule has 1 aromatic heterocycles. The highest BCUT2D eigenvalue weighted by molar-refractivity contribution is 5.76. The topological polar surface area (TPSA) is 46.9 Å². The Morgan fingerprint density at radius 3 is 3.00 bits per heavy atom. The lowest BCUT2D eigenvalue weighted by Crippen LogP contribution is -2.26. The van der Waals surface area contributed by atoms with Gasteiger partial charge in [0.15, 0.2) is 0 Å². The number of hydrogen-bond acceptors (Lipinski definition) is 2. The van der Waals surface area contributed by atoms with E-state index in [1.807, 2.05) is 6.20 Å². The first-order valence-corrected chi connectivity index (χ1v) is 5.97. The maximum Gasteiger partial charge on any atom is 0.222 e. The van der Waals surface area contributed by atoms with Gasteiger partial charge in [-0.3, -0.25) is 4.79 Å². The number of amides is 1. The van der Waals surface area contributed by atoms with Crippen LogP contribution in [-0.2, 0) is 11.3 Å². The largest absolute Gasteiger partial charge is 0.353 e. The second-order valence-electron chi connectivity index (χ2n) is 4.73. The minimum absolute atomic E-state index is 0.158. The zero-order chi connectivity index (χ0) is 11.5. The monoisotopic (exact) mass is 221 g/mol. The molecule has 1 amide bonds. The lowest BCUT2D eigenvalue weighted by molar-refractivity contribution is -0.121. The van der Waals surface area contributed by atoms with Crippen LogP contribution in [0.3, 0.4) is 0 Å². The molecule has 4 heteroatoms. The van der Waals surface area contributed by atoms with Crippen LogP contribution in [0.1, 0.15) is 44.9 Å². The molecule has 0 bridgehead atoms. The molecular formula is C12H19N3O. The van der Waals surface area contributed by atoms with Crippen molar-refractivity contribution in [2.45, 2.75) is 51.6 Å². The molecule has 1 saturated carbocycles. The molecule has 16 heavy (non-hydrogen) atoms. The molecule has 1 N–H and O–H groups in total. The maximum atomic E-state index is 11.5. The van der Waals surface area contributed by atoms with Crippen molar-refractivity contribution in [1.82, 2.24) is 14.9 Å². The van der Waals surface area contributed by atoms with Crippen LogP contribution in [0.5, 0.6) is 0 Å². The normalized spacial score (nSPS) is 15.4. The van der Waals surface area contributed by atoms with Gasteiger partial charge in [0.25, 0.3) is 0 Å². The minimum Gasteiger partial charge on any atom is -0.353 e. The van der Waals surface area contributed by atoms with Gasteiger partial charge in [-0.25, -0.2) is 4.98 Å². The summed E-state index contributed by atoms with van der Waals surface area (Å²) in [4.78, 5) is 15.8. The van der Waals surface area contributed by atoms with Gasteiger partial charge in [-0.15, -0.1) is 0 Å². The fourth-order valence-electron chi connectivity index (χ4n) is 1.76. The van der Waals surface area contributed by atoms with Gasteiger partial charge in [0.05, 0.1) is 0 Å². The van der Waals surface area contributed by atoms with Crippen molar-refractivity contribution in [3.8, 4) is 0 Å². The highest BCUT2D eigenvalue weighted by atomic mass is 16.1. The molecule has 1 aromatic rings. The Balaban J connectivity index is 1.83. The third-order valence-electron chi connectivity index (χ3n) is 2.79. The number of aromatic nitrogens is 2. The summed E-state index contributed by atoms with van der Waals surface area (Å²) in [5.74, 6) is 1.62. The number of nitrogens with one attached hydrogen (secondary N) is 1. The highest BCUT2D eigenvalue weighted by Crippen LogP contribution is 2.18. The first kappa shape index (κ1) is 11.2. The third-order valence-corrected chi connectivity index (χ3v) is 2.79. The van der Waals surface area contributed by atoms with Crippen molar-refractivity contribution in [3.05, 3.63) is 18.2 Å². The molecule has 0 aliphatic heterocycles. The fraction of sp³-hybridized carbons (Fsp3) is 0.667. The summed E-state index contributed by atoms with van der Waals surface area (Å²) in [5, 5.41) is 2.99. The summed E-state index contributed by atoms with van der Waals surface area (Å²) in [6.07, 6.45) is 6.59. The zero-order valence-electron chi connectivity index (χ0n) is 9.94. The summed E-state index contributed by atoms with van der Waals surface area (Å²) in [7, 11) is 0. The van der Waals surface area contributed by atoms with E-state index in [0.29, 0.717) is 18.4 Å². The van der Waals surface area contributed by atoms with Gasteiger partial charge in [0.1, 0.15) is 5.82 Å². The van der Waals surface area contributed by atoms with Crippen LogP contribution in [0, 0.1) is 0 Å². The molecule has 0 spiro atoms. The maximum absolute atomic E-state index is 11.5. The van der Waals surface area contributed by atoms with E-state index in [2.05, 4.69) is 28.7 Å². The second-order valence-corrected chi connectivity index (χ2v) is 4.73. The third kappa shape index (κ3) is 2.84. The first-order valence-electron chi connectivity index (χ1n) is 5.97. The Hall–Kier alpha value is -1.32. The molecule has 0 unspecified atom stereocenters. The van der Waals surface area contributed by atoms with Crippen LogP contribution in [0.15, 0.2) is 12.4 Å². The molecule has 2 rings (SSSR count). The molecule has 1 aliphatic carbocycles. The van der Waals surface area contributed by atoms with Gasteiger partial charge in [0, 0.05) is 37.3 Å². The number of hydrogen-bond donors (Lipinski definition) is 1. The Bertz CT molecular complexity index is 366. The van der Waals surface area contributed by atoms with E-state index in [1.54, 1.807) is 6.20 Å². The van der Waals surface area contributed by atoms with Gasteiger partial charge < -0.3 is 9.88 Å². The summed E-state index contributed by atoms with van der Waals surface area (Å²) < 4.78 is 2.07. The molecule has 0 atom stereocenters. The average Bonchev–Trinajstić information content (AvgIpc) is 2.91. The van der Waals surface area contributed by atoms with Gasteiger partial charge in [-0.05, 0) is 12.8 Å². The number of aryl methyl sites for hydroxylation is 1. The van der Waals surface area contributed by atoms with Gasteiger partial charge in [0.2, 0.25) is 5.91 Å². The molecule has 0 saturated heterocycles. The van der Waals surface area contributed by atoms with E-state index in [9.17, 15) is 4.79 Å². The summed E-state index contributed by atoms with van der Waals surface area (Å²) in [5.41, 5.74) is 0. The Labute approximate surface area is 96.1 Å². The Morgan fingerprint density at radius 1 is 1.62 bits per heavy atom. The SMILES string of the molecule is CC(C)c1nccn1CCC(=O)NC1CC1. The van der Waals surface area contributed by atoms with Crippen LogP contribution in [0.25, 0.3) is 0 Å². The lowest BCUT2D eigenvalue weighted by atomic mass is 10.2. The van der Waals surface area contributed by atoms with Crippen LogP contribution in [0.4, 0.5) is 0 Å². The highest BCUT2D eigenvalue weighted by Gasteiger charge is 2.22. The molecule has 0 radical (unpaired) electrons. The Kier molecular flexibility index (Phi) is 3.27. The summed E-state index contributed by atoms with van der Waals surface area (Å²) in [6.45, 7) is 4.96. The van der Waals surface area contributed by atoms with Crippen LogP contribution in [0.2, 0.25) is 0 Å². The molecule has 1 aliphatic rings. The van der Waals surface area contributed by atoms with Gasteiger partial charge >= 0.3 is 0 Å². The predicted octanol–water partition coefficient (Wildman–Crippen LogP) is 1.68. The quantitative estimate of drug-likeness (QED) is 0.822. The summed E-state index contributed by atoms with van der Waals surface area (Å²) in [6, 6.07) is 0.458. The Morgan fingerprint density at radius 2 is 2.38 bits per heavy atom. The molecule has 1 heterocycles. The van der Waals surface area contributed by atoms with E-state index in [1.165, 1.54) is 0 Å². The van der Waals surface area contributed by atoms with E-state index in [4.69, 9.17) is 0 Å². The van der Waals surface area contributed by atoms with Gasteiger partial charge in [-0.2, -0.15) is 0 Å². The molecule has 0 aromatic carbocycles. The number of nitrogens with zero attached hydrogens (tertiary/aromatic N) is 2. The number of carbonyl (C=O) groups is 1.